The third-order valence-electron chi connectivity index (χ3n) is 3.20. The standard InChI is InChI=1S/C17H26ClN3/c1-5-6-7-17(19-4)16(14(3)18)12-21-11-15-8-13(2)9-20-10-15/h6-9,12,17,19-21H,3,5,10-11H2,1-2,4H3/b7-6-,16-12-. The summed E-state index contributed by atoms with van der Waals surface area (Å²) in [5.41, 5.74) is 3.51. The molecule has 21 heavy (non-hydrogen) atoms. The third-order valence-corrected chi connectivity index (χ3v) is 3.42. The fourth-order valence-corrected chi connectivity index (χ4v) is 2.30. The van der Waals surface area contributed by atoms with Crippen molar-refractivity contribution in [2.75, 3.05) is 20.1 Å². The molecule has 0 saturated heterocycles. The van der Waals surface area contributed by atoms with E-state index in [0.717, 1.165) is 25.1 Å². The highest BCUT2D eigenvalue weighted by Crippen LogP contribution is 2.17. The van der Waals surface area contributed by atoms with Crippen LogP contribution >= 0.6 is 11.6 Å². The molecule has 3 N–H and O–H groups in total. The molecular weight excluding hydrogens is 282 g/mol. The Labute approximate surface area is 133 Å². The van der Waals surface area contributed by atoms with Gasteiger partial charge < -0.3 is 16.0 Å². The van der Waals surface area contributed by atoms with E-state index >= 15 is 0 Å². The van der Waals surface area contributed by atoms with Gasteiger partial charge in [-0.05, 0) is 37.7 Å². The fourth-order valence-electron chi connectivity index (χ4n) is 2.13. The second-order valence-electron chi connectivity index (χ2n) is 5.06. The normalized spacial score (nSPS) is 17.0. The second kappa shape index (κ2) is 9.48. The third kappa shape index (κ3) is 6.23. The van der Waals surface area contributed by atoms with Crippen molar-refractivity contribution in [1.82, 2.24) is 16.0 Å². The van der Waals surface area contributed by atoms with Gasteiger partial charge in [0.1, 0.15) is 0 Å². The molecule has 4 heteroatoms. The lowest BCUT2D eigenvalue weighted by Crippen LogP contribution is -2.27. The number of hydrogen-bond donors (Lipinski definition) is 3. The van der Waals surface area contributed by atoms with Crippen molar-refractivity contribution >= 4 is 11.6 Å². The zero-order valence-electron chi connectivity index (χ0n) is 13.2. The molecule has 0 radical (unpaired) electrons. The molecule has 0 fully saturated rings. The smallest absolute Gasteiger partial charge is 0.0532 e. The van der Waals surface area contributed by atoms with E-state index in [1.807, 2.05) is 19.4 Å². The van der Waals surface area contributed by atoms with Crippen LogP contribution in [-0.4, -0.2) is 26.2 Å². The van der Waals surface area contributed by atoms with E-state index in [1.165, 1.54) is 11.1 Å². The Morgan fingerprint density at radius 1 is 1.57 bits per heavy atom. The molecule has 3 nitrogen and oxygen atoms in total. The number of rotatable bonds is 8. The van der Waals surface area contributed by atoms with Crippen LogP contribution in [0.1, 0.15) is 20.3 Å². The van der Waals surface area contributed by atoms with E-state index in [0.29, 0.717) is 5.03 Å². The van der Waals surface area contributed by atoms with Gasteiger partial charge in [-0.25, -0.2) is 0 Å². The van der Waals surface area contributed by atoms with E-state index in [9.17, 15) is 0 Å². The maximum absolute atomic E-state index is 6.13. The van der Waals surface area contributed by atoms with E-state index in [1.54, 1.807) is 0 Å². The van der Waals surface area contributed by atoms with Crippen LogP contribution in [-0.2, 0) is 0 Å². The van der Waals surface area contributed by atoms with Crippen LogP contribution in [0.15, 0.2) is 59.0 Å². The molecule has 1 aliphatic heterocycles. The predicted molar refractivity (Wildman–Crippen MR) is 93.2 cm³/mol. The first kappa shape index (κ1) is 17.6. The molecule has 0 aromatic rings. The van der Waals surface area contributed by atoms with Gasteiger partial charge in [0, 0.05) is 29.9 Å². The lowest BCUT2D eigenvalue weighted by Gasteiger charge is -2.17. The van der Waals surface area contributed by atoms with Crippen LogP contribution in [0.2, 0.25) is 0 Å². The summed E-state index contributed by atoms with van der Waals surface area (Å²) in [5, 5.41) is 10.4. The Balaban J connectivity index is 2.69. The summed E-state index contributed by atoms with van der Waals surface area (Å²) in [6.45, 7) is 9.72. The second-order valence-corrected chi connectivity index (χ2v) is 5.52. The quantitative estimate of drug-likeness (QED) is 0.476. The summed E-state index contributed by atoms with van der Waals surface area (Å²) in [7, 11) is 1.92. The number of nitrogens with one attached hydrogen (secondary N) is 3. The maximum Gasteiger partial charge on any atom is 0.0532 e. The summed E-state index contributed by atoms with van der Waals surface area (Å²) in [6.07, 6.45) is 11.4. The first-order valence-corrected chi connectivity index (χ1v) is 7.68. The van der Waals surface area contributed by atoms with Gasteiger partial charge in [-0.1, -0.05) is 43.3 Å². The van der Waals surface area contributed by atoms with Gasteiger partial charge in [0.25, 0.3) is 0 Å². The van der Waals surface area contributed by atoms with Crippen LogP contribution in [0.5, 0.6) is 0 Å². The van der Waals surface area contributed by atoms with Crippen LogP contribution in [0.4, 0.5) is 0 Å². The molecule has 0 aliphatic carbocycles. The van der Waals surface area contributed by atoms with Crippen molar-refractivity contribution in [2.45, 2.75) is 26.3 Å². The monoisotopic (exact) mass is 307 g/mol. The highest BCUT2D eigenvalue weighted by atomic mass is 35.5. The van der Waals surface area contributed by atoms with E-state index < -0.39 is 0 Å². The van der Waals surface area contributed by atoms with E-state index in [2.05, 4.69) is 54.6 Å². The largest absolute Gasteiger partial charge is 0.387 e. The van der Waals surface area contributed by atoms with Crippen LogP contribution in [0.3, 0.4) is 0 Å². The number of halogens is 1. The van der Waals surface area contributed by atoms with E-state index in [-0.39, 0.29) is 6.04 Å². The van der Waals surface area contributed by atoms with Gasteiger partial charge in [-0.3, -0.25) is 0 Å². The average Bonchev–Trinajstić information content (AvgIpc) is 2.45. The zero-order chi connectivity index (χ0) is 15.7. The highest BCUT2D eigenvalue weighted by Gasteiger charge is 2.11. The summed E-state index contributed by atoms with van der Waals surface area (Å²) in [6, 6.07) is 0.0718. The molecule has 1 atom stereocenters. The molecule has 1 aliphatic rings. The van der Waals surface area contributed by atoms with Crippen molar-refractivity contribution in [3.05, 3.63) is 59.0 Å². The van der Waals surface area contributed by atoms with Crippen LogP contribution in [0.25, 0.3) is 0 Å². The SMILES string of the molecule is C=C(Cl)/C(=C/NCC1=CC(C)=CNC1)C(/C=C\CC)NC. The first-order valence-electron chi connectivity index (χ1n) is 7.30. The minimum absolute atomic E-state index is 0.0718. The van der Waals surface area contributed by atoms with Crippen molar-refractivity contribution in [3.8, 4) is 0 Å². The molecule has 1 rings (SSSR count). The summed E-state index contributed by atoms with van der Waals surface area (Å²) in [4.78, 5) is 0. The molecule has 0 amide bonds. The summed E-state index contributed by atoms with van der Waals surface area (Å²) >= 11 is 6.13. The van der Waals surface area contributed by atoms with E-state index in [4.69, 9.17) is 11.6 Å². The minimum Gasteiger partial charge on any atom is -0.387 e. The highest BCUT2D eigenvalue weighted by molar-refractivity contribution is 6.31. The van der Waals surface area contributed by atoms with Crippen molar-refractivity contribution in [3.63, 3.8) is 0 Å². The molecule has 0 aromatic heterocycles. The average molecular weight is 308 g/mol. The van der Waals surface area contributed by atoms with Gasteiger partial charge in [-0.2, -0.15) is 0 Å². The van der Waals surface area contributed by atoms with Crippen molar-refractivity contribution in [1.29, 1.82) is 0 Å². The molecule has 1 heterocycles. The zero-order valence-corrected chi connectivity index (χ0v) is 13.9. The Morgan fingerprint density at radius 2 is 2.33 bits per heavy atom. The Bertz CT molecular complexity index is 472. The molecule has 1 unspecified atom stereocenters. The lowest BCUT2D eigenvalue weighted by atomic mass is 10.1. The molecule has 0 bridgehead atoms. The lowest BCUT2D eigenvalue weighted by molar-refractivity contribution is 0.747. The molecular formula is C17H26ClN3. The molecule has 0 spiro atoms. The topological polar surface area (TPSA) is 36.1 Å². The van der Waals surface area contributed by atoms with Gasteiger partial charge in [0.15, 0.2) is 0 Å². The minimum atomic E-state index is 0.0718. The number of allylic oxidation sites excluding steroid dienone is 3. The van der Waals surface area contributed by atoms with Gasteiger partial charge in [-0.15, -0.1) is 0 Å². The van der Waals surface area contributed by atoms with Crippen LogP contribution < -0.4 is 16.0 Å². The Kier molecular flexibility index (Phi) is 7.95. The van der Waals surface area contributed by atoms with Crippen LogP contribution in [0, 0.1) is 0 Å². The number of hydrogen-bond acceptors (Lipinski definition) is 3. The summed E-state index contributed by atoms with van der Waals surface area (Å²) < 4.78 is 0. The molecule has 0 saturated carbocycles. The molecule has 116 valence electrons. The number of likely N-dealkylation sites (N-methyl/N-ethyl adjacent to an activating group) is 1. The van der Waals surface area contributed by atoms with Gasteiger partial charge >= 0.3 is 0 Å². The summed E-state index contributed by atoms with van der Waals surface area (Å²) in [5.74, 6) is 0. The van der Waals surface area contributed by atoms with Crippen molar-refractivity contribution in [2.24, 2.45) is 0 Å². The van der Waals surface area contributed by atoms with Crippen molar-refractivity contribution < 1.29 is 0 Å². The fraction of sp³-hybridized carbons (Fsp3) is 0.412. The first-order chi connectivity index (χ1) is 10.1. The Morgan fingerprint density at radius 3 is 2.90 bits per heavy atom. The van der Waals surface area contributed by atoms with Gasteiger partial charge in [0.05, 0.1) is 6.04 Å². The number of dihydropyridines is 1. The molecule has 0 aromatic carbocycles. The predicted octanol–water partition coefficient (Wildman–Crippen LogP) is 3.20. The maximum atomic E-state index is 6.13. The Hall–Kier alpha value is -1.45. The van der Waals surface area contributed by atoms with Gasteiger partial charge in [0.2, 0.25) is 0 Å².